The third kappa shape index (κ3) is 4.27. The Hall–Kier alpha value is -0.960. The third-order valence-corrected chi connectivity index (χ3v) is 5.32. The summed E-state index contributed by atoms with van der Waals surface area (Å²) in [6, 6.07) is 6.79. The van der Waals surface area contributed by atoms with E-state index in [4.69, 9.17) is 0 Å². The second kappa shape index (κ2) is 7.16. The smallest absolute Gasteiger partial charge is 0.230 e. The Morgan fingerprint density at radius 1 is 1.30 bits per heavy atom. The topological polar surface area (TPSA) is 29.1 Å². The Morgan fingerprint density at radius 3 is 2.80 bits per heavy atom. The zero-order valence-corrected chi connectivity index (χ0v) is 13.6. The molecule has 20 heavy (non-hydrogen) atoms. The standard InChI is InChI=1S/C17H25NOS/c1-12-8-9-14(3)16(10-12)20-11-17(19)18-15-7-5-4-6-13(15)2/h8-10,13,15H,4-7,11H2,1-3H3,(H,18,19)/t13-,15+/m1/s1. The maximum atomic E-state index is 12.1. The summed E-state index contributed by atoms with van der Waals surface area (Å²) in [5, 5.41) is 3.21. The minimum atomic E-state index is 0.176. The van der Waals surface area contributed by atoms with Crippen molar-refractivity contribution in [1.82, 2.24) is 5.32 Å². The second-order valence-corrected chi connectivity index (χ2v) is 7.01. The molecule has 0 bridgehead atoms. The van der Waals surface area contributed by atoms with E-state index in [1.54, 1.807) is 11.8 Å². The first kappa shape index (κ1) is 15.4. The number of benzene rings is 1. The van der Waals surface area contributed by atoms with E-state index in [2.05, 4.69) is 44.3 Å². The van der Waals surface area contributed by atoms with E-state index < -0.39 is 0 Å². The quantitative estimate of drug-likeness (QED) is 0.847. The molecule has 2 nitrogen and oxygen atoms in total. The molecule has 2 rings (SSSR count). The van der Waals surface area contributed by atoms with Gasteiger partial charge in [0.25, 0.3) is 0 Å². The van der Waals surface area contributed by atoms with Gasteiger partial charge in [-0.25, -0.2) is 0 Å². The molecule has 1 N–H and O–H groups in total. The molecule has 1 aromatic rings. The highest BCUT2D eigenvalue weighted by Gasteiger charge is 2.22. The van der Waals surface area contributed by atoms with E-state index in [0.29, 0.717) is 17.7 Å². The number of carbonyl (C=O) groups excluding carboxylic acids is 1. The fourth-order valence-electron chi connectivity index (χ4n) is 2.79. The van der Waals surface area contributed by atoms with Crippen LogP contribution in [-0.4, -0.2) is 17.7 Å². The summed E-state index contributed by atoms with van der Waals surface area (Å²) >= 11 is 1.65. The Bertz CT molecular complexity index is 472. The van der Waals surface area contributed by atoms with Crippen LogP contribution < -0.4 is 5.32 Å². The lowest BCUT2D eigenvalue weighted by Crippen LogP contribution is -2.41. The van der Waals surface area contributed by atoms with Crippen molar-refractivity contribution < 1.29 is 4.79 Å². The van der Waals surface area contributed by atoms with Crippen molar-refractivity contribution in [3.05, 3.63) is 29.3 Å². The SMILES string of the molecule is Cc1ccc(C)c(SCC(=O)N[C@H]2CCCC[C@H]2C)c1. The second-order valence-electron chi connectivity index (χ2n) is 5.99. The monoisotopic (exact) mass is 291 g/mol. The number of aryl methyl sites for hydroxylation is 2. The van der Waals surface area contributed by atoms with Crippen molar-refractivity contribution in [2.75, 3.05) is 5.75 Å². The molecule has 0 saturated heterocycles. The maximum absolute atomic E-state index is 12.1. The van der Waals surface area contributed by atoms with Gasteiger partial charge in [-0.3, -0.25) is 4.79 Å². The van der Waals surface area contributed by atoms with Crippen LogP contribution in [0, 0.1) is 19.8 Å². The van der Waals surface area contributed by atoms with Gasteiger partial charge in [-0.2, -0.15) is 0 Å². The number of carbonyl (C=O) groups is 1. The molecule has 1 fully saturated rings. The van der Waals surface area contributed by atoms with Crippen LogP contribution in [0.3, 0.4) is 0 Å². The highest BCUT2D eigenvalue weighted by atomic mass is 32.2. The van der Waals surface area contributed by atoms with E-state index in [1.807, 2.05) is 0 Å². The zero-order valence-electron chi connectivity index (χ0n) is 12.7. The van der Waals surface area contributed by atoms with E-state index in [9.17, 15) is 4.79 Å². The van der Waals surface area contributed by atoms with Crippen LogP contribution in [0.2, 0.25) is 0 Å². The highest BCUT2D eigenvalue weighted by Crippen LogP contribution is 2.25. The van der Waals surface area contributed by atoms with Gasteiger partial charge < -0.3 is 5.32 Å². The molecule has 0 heterocycles. The van der Waals surface area contributed by atoms with Gasteiger partial charge in [-0.05, 0) is 44.2 Å². The van der Waals surface area contributed by atoms with E-state index in [-0.39, 0.29) is 5.91 Å². The number of amides is 1. The molecule has 0 aromatic heterocycles. The molecule has 0 unspecified atom stereocenters. The number of hydrogen-bond donors (Lipinski definition) is 1. The Kier molecular flexibility index (Phi) is 5.53. The molecule has 3 heteroatoms. The summed E-state index contributed by atoms with van der Waals surface area (Å²) in [6.07, 6.45) is 4.94. The molecule has 1 aliphatic rings. The largest absolute Gasteiger partial charge is 0.352 e. The summed E-state index contributed by atoms with van der Waals surface area (Å²) in [6.45, 7) is 6.44. The van der Waals surface area contributed by atoms with Gasteiger partial charge in [0, 0.05) is 10.9 Å². The number of nitrogens with one attached hydrogen (secondary N) is 1. The van der Waals surface area contributed by atoms with Crippen molar-refractivity contribution in [2.45, 2.75) is 57.4 Å². The molecule has 0 aliphatic heterocycles. The molecular weight excluding hydrogens is 266 g/mol. The predicted molar refractivity (Wildman–Crippen MR) is 86.2 cm³/mol. The molecule has 1 aliphatic carbocycles. The molecule has 1 aromatic carbocycles. The first-order valence-corrected chi connectivity index (χ1v) is 8.54. The van der Waals surface area contributed by atoms with Gasteiger partial charge >= 0.3 is 0 Å². The maximum Gasteiger partial charge on any atom is 0.230 e. The van der Waals surface area contributed by atoms with Crippen molar-refractivity contribution in [3.63, 3.8) is 0 Å². The van der Waals surface area contributed by atoms with E-state index in [0.717, 1.165) is 6.42 Å². The van der Waals surface area contributed by atoms with Crippen LogP contribution in [0.4, 0.5) is 0 Å². The van der Waals surface area contributed by atoms with Crippen LogP contribution in [0.5, 0.6) is 0 Å². The van der Waals surface area contributed by atoms with Crippen molar-refractivity contribution in [2.24, 2.45) is 5.92 Å². The number of hydrogen-bond acceptors (Lipinski definition) is 2. The van der Waals surface area contributed by atoms with Gasteiger partial charge in [0.05, 0.1) is 5.75 Å². The Labute approximate surface area is 126 Å². The summed E-state index contributed by atoms with van der Waals surface area (Å²) in [7, 11) is 0. The fourth-order valence-corrected chi connectivity index (χ4v) is 3.72. The predicted octanol–water partition coefficient (Wildman–Crippen LogP) is 4.09. The van der Waals surface area contributed by atoms with Crippen LogP contribution in [-0.2, 0) is 4.79 Å². The van der Waals surface area contributed by atoms with E-state index >= 15 is 0 Å². The Balaban J connectivity index is 1.84. The molecule has 1 amide bonds. The normalized spacial score (nSPS) is 22.6. The average molecular weight is 291 g/mol. The first-order chi connectivity index (χ1) is 9.56. The average Bonchev–Trinajstić information content (AvgIpc) is 2.42. The van der Waals surface area contributed by atoms with Crippen molar-refractivity contribution in [1.29, 1.82) is 0 Å². The van der Waals surface area contributed by atoms with Gasteiger partial charge in [0.2, 0.25) is 5.91 Å². The zero-order chi connectivity index (χ0) is 14.5. The molecule has 1 saturated carbocycles. The fraction of sp³-hybridized carbons (Fsp3) is 0.588. The minimum Gasteiger partial charge on any atom is -0.352 e. The van der Waals surface area contributed by atoms with Gasteiger partial charge in [0.15, 0.2) is 0 Å². The summed E-state index contributed by atoms with van der Waals surface area (Å²) < 4.78 is 0. The first-order valence-electron chi connectivity index (χ1n) is 7.55. The van der Waals surface area contributed by atoms with E-state index in [1.165, 1.54) is 35.3 Å². The van der Waals surface area contributed by atoms with Gasteiger partial charge in [-0.1, -0.05) is 37.5 Å². The molecule has 0 radical (unpaired) electrons. The minimum absolute atomic E-state index is 0.176. The lowest BCUT2D eigenvalue weighted by molar-refractivity contribution is -0.119. The molecular formula is C17H25NOS. The van der Waals surface area contributed by atoms with Crippen LogP contribution in [0.15, 0.2) is 23.1 Å². The van der Waals surface area contributed by atoms with Crippen molar-refractivity contribution in [3.8, 4) is 0 Å². The van der Waals surface area contributed by atoms with Gasteiger partial charge in [-0.15, -0.1) is 11.8 Å². The third-order valence-electron chi connectivity index (χ3n) is 4.16. The highest BCUT2D eigenvalue weighted by molar-refractivity contribution is 8.00. The van der Waals surface area contributed by atoms with Crippen LogP contribution in [0.1, 0.15) is 43.7 Å². The number of thioether (sulfide) groups is 1. The van der Waals surface area contributed by atoms with Gasteiger partial charge in [0.1, 0.15) is 0 Å². The summed E-state index contributed by atoms with van der Waals surface area (Å²) in [4.78, 5) is 13.3. The summed E-state index contributed by atoms with van der Waals surface area (Å²) in [5.41, 5.74) is 2.50. The number of rotatable bonds is 4. The Morgan fingerprint density at radius 2 is 2.05 bits per heavy atom. The molecule has 2 atom stereocenters. The van der Waals surface area contributed by atoms with Crippen LogP contribution >= 0.6 is 11.8 Å². The van der Waals surface area contributed by atoms with Crippen molar-refractivity contribution >= 4 is 17.7 Å². The molecule has 110 valence electrons. The van der Waals surface area contributed by atoms with Crippen LogP contribution in [0.25, 0.3) is 0 Å². The summed E-state index contributed by atoms with van der Waals surface area (Å²) in [5.74, 6) is 1.32. The molecule has 0 spiro atoms. The lowest BCUT2D eigenvalue weighted by atomic mass is 9.86. The lowest BCUT2D eigenvalue weighted by Gasteiger charge is -2.29.